The van der Waals surface area contributed by atoms with Crippen LogP contribution in [0.25, 0.3) is 11.0 Å². The molecule has 1 atom stereocenters. The fraction of sp³-hybridized carbons (Fsp3) is 0.192. The van der Waals surface area contributed by atoms with Crippen molar-refractivity contribution in [3.8, 4) is 23.3 Å². The number of guanidine groups is 1. The summed E-state index contributed by atoms with van der Waals surface area (Å²) in [5, 5.41) is 12.2. The van der Waals surface area contributed by atoms with Gasteiger partial charge in [-0.3, -0.25) is 9.88 Å². The first-order valence-electron chi connectivity index (χ1n) is 11.3. The van der Waals surface area contributed by atoms with Crippen LogP contribution in [0.4, 0.5) is 5.95 Å². The lowest BCUT2D eigenvalue weighted by Gasteiger charge is -2.24. The molecule has 9 nitrogen and oxygen atoms in total. The van der Waals surface area contributed by atoms with Crippen LogP contribution in [0.1, 0.15) is 29.3 Å². The van der Waals surface area contributed by atoms with E-state index in [4.69, 9.17) is 30.2 Å². The van der Waals surface area contributed by atoms with E-state index < -0.39 is 6.17 Å². The van der Waals surface area contributed by atoms with Crippen LogP contribution in [0, 0.1) is 11.3 Å². The van der Waals surface area contributed by atoms with E-state index in [1.54, 1.807) is 6.07 Å². The Labute approximate surface area is 201 Å². The van der Waals surface area contributed by atoms with Crippen molar-refractivity contribution in [2.24, 2.45) is 10.7 Å². The molecule has 4 aromatic rings. The summed E-state index contributed by atoms with van der Waals surface area (Å²) < 4.78 is 19.8. The molecule has 0 saturated heterocycles. The van der Waals surface area contributed by atoms with Crippen molar-refractivity contribution >= 4 is 22.9 Å². The first-order chi connectivity index (χ1) is 17.2. The highest BCUT2D eigenvalue weighted by molar-refractivity contribution is 5.95. The van der Waals surface area contributed by atoms with E-state index in [2.05, 4.69) is 16.4 Å². The number of nitrogens with zero attached hydrogens (tertiary/aromatic N) is 4. The minimum absolute atomic E-state index is 0.284. The van der Waals surface area contributed by atoms with Crippen molar-refractivity contribution in [2.75, 3.05) is 18.5 Å². The number of aliphatic imine (C=N–C) groups is 1. The molecule has 0 aliphatic carbocycles. The number of ether oxygens (including phenoxy) is 3. The average Bonchev–Trinajstić information content (AvgIpc) is 3.06. The number of nitrogens with one attached hydrogen (secondary N) is 1. The number of fused-ring (bicyclic) bond motifs is 4. The normalized spacial score (nSPS) is 16.4. The molecule has 1 unspecified atom stereocenters. The van der Waals surface area contributed by atoms with E-state index in [1.807, 2.05) is 59.2 Å². The highest BCUT2D eigenvalue weighted by atomic mass is 16.5. The third-order valence-electron chi connectivity index (χ3n) is 5.92. The van der Waals surface area contributed by atoms with Gasteiger partial charge in [-0.1, -0.05) is 24.3 Å². The monoisotopic (exact) mass is 466 g/mol. The van der Waals surface area contributed by atoms with Gasteiger partial charge in [-0.25, -0.2) is 9.98 Å². The zero-order chi connectivity index (χ0) is 23.8. The number of aromatic nitrogens is 2. The smallest absolute Gasteiger partial charge is 0.212 e. The Hall–Kier alpha value is -4.71. The summed E-state index contributed by atoms with van der Waals surface area (Å²) >= 11 is 0. The molecule has 9 heteroatoms. The van der Waals surface area contributed by atoms with Gasteiger partial charge < -0.3 is 19.9 Å². The standard InChI is InChI=1S/C26H22N6O3/c27-14-16-4-1-5-17(10-16)15-35-19-7-2-6-18(11-19)24-30-25(28)31-26-29-20-12-22-23(13-21(20)32(24)26)34-9-3-8-33-22/h1-2,4-7,10-13,24H,3,8-9,15H2,(H3,28,29,30,31). The van der Waals surface area contributed by atoms with E-state index in [1.165, 1.54) is 0 Å². The molecule has 0 radical (unpaired) electrons. The van der Waals surface area contributed by atoms with Crippen LogP contribution in [0.3, 0.4) is 0 Å². The van der Waals surface area contributed by atoms with E-state index in [0.29, 0.717) is 48.6 Å². The lowest BCUT2D eigenvalue weighted by molar-refractivity contribution is 0.297. The number of hydrogen-bond acceptors (Lipinski definition) is 8. The minimum atomic E-state index is -0.438. The lowest BCUT2D eigenvalue weighted by Crippen LogP contribution is -2.31. The molecule has 0 bridgehead atoms. The first kappa shape index (κ1) is 20.9. The first-order valence-corrected chi connectivity index (χ1v) is 11.3. The molecule has 2 aliphatic rings. The van der Waals surface area contributed by atoms with Crippen LogP contribution in [0.2, 0.25) is 0 Å². The molecule has 0 fully saturated rings. The summed E-state index contributed by atoms with van der Waals surface area (Å²) in [4.78, 5) is 9.40. The number of nitrogens with two attached hydrogens (primary N) is 1. The number of nitriles is 1. The van der Waals surface area contributed by atoms with E-state index in [-0.39, 0.29) is 5.96 Å². The fourth-order valence-electron chi connectivity index (χ4n) is 4.31. The minimum Gasteiger partial charge on any atom is -0.489 e. The van der Waals surface area contributed by atoms with Crippen molar-refractivity contribution < 1.29 is 14.2 Å². The molecule has 2 aliphatic heterocycles. The topological polar surface area (TPSA) is 120 Å². The lowest BCUT2D eigenvalue weighted by atomic mass is 10.1. The number of benzene rings is 3. The summed E-state index contributed by atoms with van der Waals surface area (Å²) in [6.45, 7) is 1.55. The Morgan fingerprint density at radius 3 is 2.77 bits per heavy atom. The molecule has 0 amide bonds. The second-order valence-electron chi connectivity index (χ2n) is 8.33. The third kappa shape index (κ3) is 3.95. The maximum Gasteiger partial charge on any atom is 0.212 e. The zero-order valence-corrected chi connectivity index (χ0v) is 18.8. The molecule has 174 valence electrons. The van der Waals surface area contributed by atoms with Gasteiger partial charge in [0.2, 0.25) is 5.95 Å². The van der Waals surface area contributed by atoms with Crippen LogP contribution >= 0.6 is 0 Å². The molecule has 3 N–H and O–H groups in total. The maximum atomic E-state index is 9.13. The summed E-state index contributed by atoms with van der Waals surface area (Å²) in [5.74, 6) is 2.94. The molecular formula is C26H22N6O3. The van der Waals surface area contributed by atoms with Crippen molar-refractivity contribution in [2.45, 2.75) is 19.2 Å². The number of anilines is 1. The maximum absolute atomic E-state index is 9.13. The predicted octanol–water partition coefficient (Wildman–Crippen LogP) is 3.94. The van der Waals surface area contributed by atoms with Crippen LogP contribution in [0.5, 0.6) is 17.2 Å². The zero-order valence-electron chi connectivity index (χ0n) is 18.8. The van der Waals surface area contributed by atoms with Gasteiger partial charge in [-0.2, -0.15) is 5.26 Å². The van der Waals surface area contributed by atoms with Gasteiger partial charge in [0, 0.05) is 24.1 Å². The number of imidazole rings is 1. The average molecular weight is 467 g/mol. The van der Waals surface area contributed by atoms with Gasteiger partial charge >= 0.3 is 0 Å². The summed E-state index contributed by atoms with van der Waals surface area (Å²) in [7, 11) is 0. The molecule has 1 aromatic heterocycles. The SMILES string of the molecule is N#Cc1cccc(COc2cccc(C3N=C(N)Nc4nc5cc6c(cc5n43)OCCCO6)c2)c1. The van der Waals surface area contributed by atoms with Crippen molar-refractivity contribution in [3.63, 3.8) is 0 Å². The molecule has 3 heterocycles. The Bertz CT molecular complexity index is 1500. The molecular weight excluding hydrogens is 444 g/mol. The van der Waals surface area contributed by atoms with Crippen molar-refractivity contribution in [1.29, 1.82) is 5.26 Å². The Kier molecular flexibility index (Phi) is 5.11. The highest BCUT2D eigenvalue weighted by Crippen LogP contribution is 2.39. The van der Waals surface area contributed by atoms with E-state index in [0.717, 1.165) is 28.6 Å². The quantitative estimate of drug-likeness (QED) is 0.467. The predicted molar refractivity (Wildman–Crippen MR) is 131 cm³/mol. The van der Waals surface area contributed by atoms with E-state index >= 15 is 0 Å². The molecule has 0 saturated carbocycles. The Morgan fingerprint density at radius 1 is 1.09 bits per heavy atom. The summed E-state index contributed by atoms with van der Waals surface area (Å²) in [5.41, 5.74) is 10.2. The van der Waals surface area contributed by atoms with E-state index in [9.17, 15) is 0 Å². The van der Waals surface area contributed by atoms with Crippen LogP contribution in [-0.2, 0) is 6.61 Å². The molecule has 35 heavy (non-hydrogen) atoms. The second-order valence-corrected chi connectivity index (χ2v) is 8.33. The Balaban J connectivity index is 1.35. The van der Waals surface area contributed by atoms with Crippen LogP contribution < -0.4 is 25.3 Å². The van der Waals surface area contributed by atoms with Crippen LogP contribution in [-0.4, -0.2) is 28.7 Å². The molecule has 3 aromatic carbocycles. The van der Waals surface area contributed by atoms with Gasteiger partial charge in [-0.05, 0) is 29.8 Å². The van der Waals surface area contributed by atoms with Gasteiger partial charge in [0.1, 0.15) is 12.4 Å². The summed E-state index contributed by atoms with van der Waals surface area (Å²) in [6, 6.07) is 21.1. The van der Waals surface area contributed by atoms with Gasteiger partial charge in [0.15, 0.2) is 23.6 Å². The van der Waals surface area contributed by atoms with Crippen LogP contribution in [0.15, 0.2) is 65.7 Å². The summed E-state index contributed by atoms with van der Waals surface area (Å²) in [6.07, 6.45) is 0.391. The second kappa shape index (κ2) is 8.57. The fourth-order valence-corrected chi connectivity index (χ4v) is 4.31. The molecule has 0 spiro atoms. The largest absolute Gasteiger partial charge is 0.489 e. The highest BCUT2D eigenvalue weighted by Gasteiger charge is 2.27. The third-order valence-corrected chi connectivity index (χ3v) is 5.92. The van der Waals surface area contributed by atoms with Gasteiger partial charge in [0.05, 0.1) is 35.9 Å². The number of rotatable bonds is 4. The molecule has 6 rings (SSSR count). The van der Waals surface area contributed by atoms with Crippen molar-refractivity contribution in [3.05, 3.63) is 77.4 Å². The van der Waals surface area contributed by atoms with Gasteiger partial charge in [-0.15, -0.1) is 0 Å². The van der Waals surface area contributed by atoms with Gasteiger partial charge in [0.25, 0.3) is 0 Å². The Morgan fingerprint density at radius 2 is 1.91 bits per heavy atom. The van der Waals surface area contributed by atoms with Crippen molar-refractivity contribution in [1.82, 2.24) is 9.55 Å². The number of hydrogen-bond donors (Lipinski definition) is 2.